The molecule has 1 amide bonds. The number of hydrogen-bond acceptors (Lipinski definition) is 4. The molecule has 1 aromatic carbocycles. The molecule has 0 fully saturated rings. The first-order valence-corrected chi connectivity index (χ1v) is 7.41. The van der Waals surface area contributed by atoms with Crippen LogP contribution in [0.5, 0.6) is 5.75 Å². The Kier molecular flexibility index (Phi) is 5.01. The standard InChI is InChI=1S/C18H22N2O3/c1-18(2,3)17(22)20-14-9-10-19-11-13(14)16(21)12-7-5-6-8-15(12)23-4/h5-11,16,21H,1-4H3,(H,19,20,22)/t16-/m0/s1. The maximum atomic E-state index is 12.2. The molecule has 122 valence electrons. The van der Waals surface area contributed by atoms with Gasteiger partial charge in [0, 0.05) is 34.6 Å². The smallest absolute Gasteiger partial charge is 0.229 e. The summed E-state index contributed by atoms with van der Waals surface area (Å²) in [6.07, 6.45) is 2.18. The molecule has 0 bridgehead atoms. The van der Waals surface area contributed by atoms with Gasteiger partial charge in [0.05, 0.1) is 7.11 Å². The molecule has 0 saturated carbocycles. The number of aliphatic hydroxyl groups excluding tert-OH is 1. The van der Waals surface area contributed by atoms with Crippen LogP contribution >= 0.6 is 0 Å². The number of anilines is 1. The Morgan fingerprint density at radius 1 is 1.22 bits per heavy atom. The number of aromatic nitrogens is 1. The van der Waals surface area contributed by atoms with Crippen LogP contribution < -0.4 is 10.1 Å². The number of methoxy groups -OCH3 is 1. The van der Waals surface area contributed by atoms with E-state index in [1.165, 1.54) is 0 Å². The van der Waals surface area contributed by atoms with E-state index in [9.17, 15) is 9.90 Å². The number of carbonyl (C=O) groups is 1. The van der Waals surface area contributed by atoms with Crippen molar-refractivity contribution in [2.45, 2.75) is 26.9 Å². The van der Waals surface area contributed by atoms with E-state index < -0.39 is 11.5 Å². The number of rotatable bonds is 4. The van der Waals surface area contributed by atoms with Gasteiger partial charge < -0.3 is 15.2 Å². The number of nitrogens with zero attached hydrogens (tertiary/aromatic N) is 1. The fourth-order valence-corrected chi connectivity index (χ4v) is 2.11. The van der Waals surface area contributed by atoms with Gasteiger partial charge in [0.2, 0.25) is 5.91 Å². The summed E-state index contributed by atoms with van der Waals surface area (Å²) >= 11 is 0. The monoisotopic (exact) mass is 314 g/mol. The average molecular weight is 314 g/mol. The van der Waals surface area contributed by atoms with E-state index in [1.54, 1.807) is 37.7 Å². The zero-order valence-corrected chi connectivity index (χ0v) is 13.8. The summed E-state index contributed by atoms with van der Waals surface area (Å²) in [5.74, 6) is 0.453. The largest absolute Gasteiger partial charge is 0.496 e. The van der Waals surface area contributed by atoms with E-state index in [4.69, 9.17) is 4.74 Å². The van der Waals surface area contributed by atoms with Gasteiger partial charge >= 0.3 is 0 Å². The molecule has 0 radical (unpaired) electrons. The fourth-order valence-electron chi connectivity index (χ4n) is 2.11. The summed E-state index contributed by atoms with van der Waals surface area (Å²) in [4.78, 5) is 16.3. The lowest BCUT2D eigenvalue weighted by Gasteiger charge is -2.21. The molecule has 1 atom stereocenters. The van der Waals surface area contributed by atoms with E-state index in [-0.39, 0.29) is 5.91 Å². The zero-order valence-electron chi connectivity index (χ0n) is 13.8. The molecule has 0 saturated heterocycles. The van der Waals surface area contributed by atoms with Gasteiger partial charge in [-0.1, -0.05) is 39.0 Å². The molecule has 0 spiro atoms. The first-order valence-electron chi connectivity index (χ1n) is 7.41. The van der Waals surface area contributed by atoms with Crippen molar-refractivity contribution < 1.29 is 14.6 Å². The van der Waals surface area contributed by atoms with Crippen molar-refractivity contribution in [1.29, 1.82) is 0 Å². The molecule has 5 heteroatoms. The molecule has 0 unspecified atom stereocenters. The van der Waals surface area contributed by atoms with Gasteiger partial charge in [-0.25, -0.2) is 0 Å². The Bertz CT molecular complexity index is 693. The summed E-state index contributed by atoms with van der Waals surface area (Å²) in [5.41, 5.74) is 1.15. The van der Waals surface area contributed by atoms with Crippen LogP contribution in [0.3, 0.4) is 0 Å². The highest BCUT2D eigenvalue weighted by Gasteiger charge is 2.24. The molecular weight excluding hydrogens is 292 g/mol. The Morgan fingerprint density at radius 2 is 1.91 bits per heavy atom. The van der Waals surface area contributed by atoms with Crippen LogP contribution in [0.1, 0.15) is 38.0 Å². The van der Waals surface area contributed by atoms with Crippen molar-refractivity contribution in [2.75, 3.05) is 12.4 Å². The predicted molar refractivity (Wildman–Crippen MR) is 89.4 cm³/mol. The van der Waals surface area contributed by atoms with Crippen LogP contribution in [-0.4, -0.2) is 23.1 Å². The van der Waals surface area contributed by atoms with Crippen molar-refractivity contribution in [3.05, 3.63) is 53.9 Å². The van der Waals surface area contributed by atoms with Crippen LogP contribution in [0, 0.1) is 5.41 Å². The second-order valence-electron chi connectivity index (χ2n) is 6.31. The molecule has 1 heterocycles. The van der Waals surface area contributed by atoms with E-state index in [2.05, 4.69) is 10.3 Å². The molecule has 2 rings (SSSR count). The predicted octanol–water partition coefficient (Wildman–Crippen LogP) is 3.16. The van der Waals surface area contributed by atoms with Crippen molar-refractivity contribution >= 4 is 11.6 Å². The Morgan fingerprint density at radius 3 is 2.57 bits per heavy atom. The van der Waals surface area contributed by atoms with Gasteiger partial charge in [-0.05, 0) is 12.1 Å². The number of ether oxygens (including phenoxy) is 1. The summed E-state index contributed by atoms with van der Waals surface area (Å²) in [5, 5.41) is 13.6. The lowest BCUT2D eigenvalue weighted by atomic mass is 9.95. The molecule has 0 aliphatic carbocycles. The average Bonchev–Trinajstić information content (AvgIpc) is 2.53. The van der Waals surface area contributed by atoms with Gasteiger partial charge in [-0.15, -0.1) is 0 Å². The number of nitrogens with one attached hydrogen (secondary N) is 1. The topological polar surface area (TPSA) is 71.5 Å². The van der Waals surface area contributed by atoms with Crippen LogP contribution in [0.15, 0.2) is 42.7 Å². The van der Waals surface area contributed by atoms with Gasteiger partial charge in [0.15, 0.2) is 0 Å². The zero-order chi connectivity index (χ0) is 17.0. The molecule has 0 aliphatic heterocycles. The van der Waals surface area contributed by atoms with E-state index in [0.717, 1.165) is 0 Å². The number of para-hydroxylation sites is 1. The minimum absolute atomic E-state index is 0.128. The molecule has 0 aliphatic rings. The van der Waals surface area contributed by atoms with Crippen LogP contribution in [0.2, 0.25) is 0 Å². The summed E-state index contributed by atoms with van der Waals surface area (Å²) in [6, 6.07) is 8.90. The molecule has 2 aromatic rings. The summed E-state index contributed by atoms with van der Waals surface area (Å²) in [7, 11) is 1.55. The van der Waals surface area contributed by atoms with Crippen LogP contribution in [0.4, 0.5) is 5.69 Å². The number of aliphatic hydroxyl groups is 1. The highest BCUT2D eigenvalue weighted by molar-refractivity contribution is 5.95. The fraction of sp³-hybridized carbons (Fsp3) is 0.333. The maximum Gasteiger partial charge on any atom is 0.229 e. The van der Waals surface area contributed by atoms with Crippen molar-refractivity contribution in [3.8, 4) is 5.75 Å². The quantitative estimate of drug-likeness (QED) is 0.909. The van der Waals surface area contributed by atoms with E-state index >= 15 is 0 Å². The van der Waals surface area contributed by atoms with Crippen LogP contribution in [-0.2, 0) is 4.79 Å². The van der Waals surface area contributed by atoms with Gasteiger partial charge in [-0.2, -0.15) is 0 Å². The number of carbonyl (C=O) groups excluding carboxylic acids is 1. The lowest BCUT2D eigenvalue weighted by Crippen LogP contribution is -2.28. The maximum absolute atomic E-state index is 12.2. The first-order chi connectivity index (χ1) is 10.8. The van der Waals surface area contributed by atoms with Gasteiger partial charge in [0.1, 0.15) is 11.9 Å². The van der Waals surface area contributed by atoms with Gasteiger partial charge in [-0.3, -0.25) is 9.78 Å². The second-order valence-corrected chi connectivity index (χ2v) is 6.31. The third-order valence-electron chi connectivity index (χ3n) is 3.51. The third-order valence-corrected chi connectivity index (χ3v) is 3.51. The first kappa shape index (κ1) is 17.0. The van der Waals surface area contributed by atoms with E-state index in [1.807, 2.05) is 32.9 Å². The van der Waals surface area contributed by atoms with Crippen molar-refractivity contribution in [3.63, 3.8) is 0 Å². The number of pyridine rings is 1. The normalized spacial score (nSPS) is 12.6. The minimum atomic E-state index is -0.949. The number of hydrogen-bond donors (Lipinski definition) is 2. The molecule has 1 aromatic heterocycles. The third kappa shape index (κ3) is 3.87. The molecule has 5 nitrogen and oxygen atoms in total. The Hall–Kier alpha value is -2.40. The second kappa shape index (κ2) is 6.79. The molecule has 23 heavy (non-hydrogen) atoms. The van der Waals surface area contributed by atoms with Gasteiger partial charge in [0.25, 0.3) is 0 Å². The Labute approximate surface area is 136 Å². The Balaban J connectivity index is 2.38. The summed E-state index contributed by atoms with van der Waals surface area (Å²) < 4.78 is 5.30. The van der Waals surface area contributed by atoms with E-state index in [0.29, 0.717) is 22.6 Å². The van der Waals surface area contributed by atoms with Crippen molar-refractivity contribution in [2.24, 2.45) is 5.41 Å². The number of benzene rings is 1. The highest BCUT2D eigenvalue weighted by Crippen LogP contribution is 2.33. The number of amides is 1. The molecular formula is C18H22N2O3. The lowest BCUT2D eigenvalue weighted by molar-refractivity contribution is -0.123. The minimum Gasteiger partial charge on any atom is -0.496 e. The van der Waals surface area contributed by atoms with Crippen LogP contribution in [0.25, 0.3) is 0 Å². The highest BCUT2D eigenvalue weighted by atomic mass is 16.5. The SMILES string of the molecule is COc1ccccc1[C@H](O)c1cnccc1NC(=O)C(C)(C)C. The summed E-state index contributed by atoms with van der Waals surface area (Å²) in [6.45, 7) is 5.50. The molecule has 2 N–H and O–H groups in total. The van der Waals surface area contributed by atoms with Crippen molar-refractivity contribution in [1.82, 2.24) is 4.98 Å².